The Morgan fingerprint density at radius 2 is 1.60 bits per heavy atom. The highest BCUT2D eigenvalue weighted by atomic mass is 31.2. The van der Waals surface area contributed by atoms with Crippen molar-refractivity contribution in [1.29, 1.82) is 0 Å². The first-order valence-corrected chi connectivity index (χ1v) is 10.7. The van der Waals surface area contributed by atoms with Crippen LogP contribution in [-0.4, -0.2) is 25.2 Å². The molecule has 25 heavy (non-hydrogen) atoms. The maximum absolute atomic E-state index is 12.8. The molecular formula is C18H34NO5P. The second-order valence-electron chi connectivity index (χ2n) is 7.52. The van der Waals surface area contributed by atoms with Gasteiger partial charge >= 0.3 is 7.82 Å². The van der Waals surface area contributed by atoms with Crippen molar-refractivity contribution in [3.8, 4) is 0 Å². The van der Waals surface area contributed by atoms with E-state index in [1.54, 1.807) is 6.92 Å². The highest BCUT2D eigenvalue weighted by molar-refractivity contribution is 7.48. The van der Waals surface area contributed by atoms with Crippen LogP contribution >= 0.6 is 7.82 Å². The Hall–Kier alpha value is -0.840. The van der Waals surface area contributed by atoms with Gasteiger partial charge < -0.3 is 9.84 Å². The zero-order valence-corrected chi connectivity index (χ0v) is 17.1. The van der Waals surface area contributed by atoms with E-state index in [4.69, 9.17) is 13.6 Å². The number of nitrogens with one attached hydrogen (secondary N) is 1. The summed E-state index contributed by atoms with van der Waals surface area (Å²) in [6, 6.07) is 0.214. The average molecular weight is 375 g/mol. The Kier molecular flexibility index (Phi) is 9.77. The number of rotatable bonds is 10. The monoisotopic (exact) mass is 375 g/mol. The molecule has 7 heteroatoms. The molecule has 0 aromatic rings. The highest BCUT2D eigenvalue weighted by Crippen LogP contribution is 2.51. The van der Waals surface area contributed by atoms with E-state index in [2.05, 4.69) is 5.32 Å². The standard InChI is InChI=1S/C18H34NO5P/c1-14(2)12-22-25(21,23-13-15(3)4)24-16(5)11-18(20)19-17-9-7-6-8-10-17/h11,14-15,17H,6-10,12-13H2,1-5H3,(H,19,20)/b16-11+. The molecule has 1 saturated carbocycles. The molecule has 1 aliphatic carbocycles. The van der Waals surface area contributed by atoms with Crippen LogP contribution < -0.4 is 5.32 Å². The first-order chi connectivity index (χ1) is 11.7. The van der Waals surface area contributed by atoms with Crippen LogP contribution in [0, 0.1) is 11.8 Å². The molecule has 1 rings (SSSR count). The van der Waals surface area contributed by atoms with Gasteiger partial charge in [0.05, 0.1) is 13.2 Å². The van der Waals surface area contributed by atoms with Gasteiger partial charge in [-0.1, -0.05) is 47.0 Å². The van der Waals surface area contributed by atoms with E-state index in [0.29, 0.717) is 0 Å². The van der Waals surface area contributed by atoms with Gasteiger partial charge in [-0.15, -0.1) is 0 Å². The molecular weight excluding hydrogens is 341 g/mol. The van der Waals surface area contributed by atoms with E-state index in [1.165, 1.54) is 12.5 Å². The first kappa shape index (κ1) is 22.2. The minimum atomic E-state index is -3.73. The Labute approximate surface area is 152 Å². The second-order valence-corrected chi connectivity index (χ2v) is 9.11. The lowest BCUT2D eigenvalue weighted by Gasteiger charge is -2.23. The Bertz CT molecular complexity index is 468. The minimum Gasteiger partial charge on any atom is -0.409 e. The molecule has 0 aromatic heterocycles. The van der Waals surface area contributed by atoms with Crippen LogP contribution in [-0.2, 0) is 22.9 Å². The van der Waals surface area contributed by atoms with E-state index >= 15 is 0 Å². The highest BCUT2D eigenvalue weighted by Gasteiger charge is 2.29. The van der Waals surface area contributed by atoms with Gasteiger partial charge in [-0.25, -0.2) is 4.57 Å². The fourth-order valence-electron chi connectivity index (χ4n) is 2.45. The summed E-state index contributed by atoms with van der Waals surface area (Å²) in [6.07, 6.45) is 6.85. The van der Waals surface area contributed by atoms with Crippen LogP contribution in [0.25, 0.3) is 0 Å². The van der Waals surface area contributed by atoms with Gasteiger partial charge in [0.1, 0.15) is 5.76 Å². The van der Waals surface area contributed by atoms with Crippen molar-refractivity contribution in [2.24, 2.45) is 11.8 Å². The predicted octanol–water partition coefficient (Wildman–Crippen LogP) is 4.81. The van der Waals surface area contributed by atoms with E-state index < -0.39 is 7.82 Å². The number of amides is 1. The van der Waals surface area contributed by atoms with Crippen LogP contribution in [0.3, 0.4) is 0 Å². The third-order valence-electron chi connectivity index (χ3n) is 3.67. The van der Waals surface area contributed by atoms with Crippen molar-refractivity contribution in [3.63, 3.8) is 0 Å². The summed E-state index contributed by atoms with van der Waals surface area (Å²) in [5, 5.41) is 2.97. The molecule has 1 aliphatic rings. The zero-order valence-electron chi connectivity index (χ0n) is 16.2. The minimum absolute atomic E-state index is 0.193. The molecule has 0 saturated heterocycles. The van der Waals surface area contributed by atoms with Gasteiger partial charge in [0.15, 0.2) is 0 Å². The van der Waals surface area contributed by atoms with Crippen molar-refractivity contribution in [2.45, 2.75) is 72.8 Å². The molecule has 146 valence electrons. The molecule has 1 N–H and O–H groups in total. The van der Waals surface area contributed by atoms with Gasteiger partial charge in [0.2, 0.25) is 5.91 Å². The molecule has 0 heterocycles. The Balaban J connectivity index is 2.62. The SMILES string of the molecule is C/C(=C\C(=O)NC1CCCCC1)OP(=O)(OCC(C)C)OCC(C)C. The lowest BCUT2D eigenvalue weighted by molar-refractivity contribution is -0.117. The van der Waals surface area contributed by atoms with Crippen molar-refractivity contribution >= 4 is 13.7 Å². The largest absolute Gasteiger partial charge is 0.529 e. The molecule has 0 radical (unpaired) electrons. The molecule has 0 aromatic carbocycles. The Morgan fingerprint density at radius 3 is 2.08 bits per heavy atom. The Morgan fingerprint density at radius 1 is 1.08 bits per heavy atom. The molecule has 0 unspecified atom stereocenters. The van der Waals surface area contributed by atoms with E-state index in [9.17, 15) is 9.36 Å². The van der Waals surface area contributed by atoms with Gasteiger partial charge in [0, 0.05) is 12.1 Å². The fourth-order valence-corrected chi connectivity index (χ4v) is 3.99. The fraction of sp³-hybridized carbons (Fsp3) is 0.833. The summed E-state index contributed by atoms with van der Waals surface area (Å²) in [5.41, 5.74) is 0. The number of carbonyl (C=O) groups excluding carboxylic acids is 1. The summed E-state index contributed by atoms with van der Waals surface area (Å²) in [7, 11) is -3.73. The van der Waals surface area contributed by atoms with Crippen LogP contribution in [0.15, 0.2) is 11.8 Å². The van der Waals surface area contributed by atoms with Crippen molar-refractivity contribution in [2.75, 3.05) is 13.2 Å². The molecule has 0 spiro atoms. The lowest BCUT2D eigenvalue weighted by Crippen LogP contribution is -2.35. The number of hydrogen-bond donors (Lipinski definition) is 1. The molecule has 0 bridgehead atoms. The van der Waals surface area contributed by atoms with Crippen molar-refractivity contribution < 1.29 is 22.9 Å². The van der Waals surface area contributed by atoms with Gasteiger partial charge in [-0.05, 0) is 31.6 Å². The van der Waals surface area contributed by atoms with Crippen LogP contribution in [0.4, 0.5) is 0 Å². The van der Waals surface area contributed by atoms with E-state index in [-0.39, 0.29) is 42.8 Å². The number of phosphoric ester groups is 1. The molecule has 6 nitrogen and oxygen atoms in total. The summed E-state index contributed by atoms with van der Waals surface area (Å²) < 4.78 is 28.9. The predicted molar refractivity (Wildman–Crippen MR) is 99.0 cm³/mol. The number of hydrogen-bond acceptors (Lipinski definition) is 5. The van der Waals surface area contributed by atoms with Crippen LogP contribution in [0.2, 0.25) is 0 Å². The van der Waals surface area contributed by atoms with Gasteiger partial charge in [-0.3, -0.25) is 13.8 Å². The number of carbonyl (C=O) groups is 1. The number of allylic oxidation sites excluding steroid dienone is 1. The zero-order chi connectivity index (χ0) is 18.9. The maximum Gasteiger partial charge on any atom is 0.529 e. The average Bonchev–Trinajstić information content (AvgIpc) is 2.52. The third-order valence-corrected chi connectivity index (χ3v) is 5.12. The third kappa shape index (κ3) is 10.0. The quantitative estimate of drug-likeness (QED) is 0.337. The second kappa shape index (κ2) is 11.0. The normalized spacial score (nSPS) is 17.2. The maximum atomic E-state index is 12.8. The summed E-state index contributed by atoms with van der Waals surface area (Å²) in [5.74, 6) is 0.379. The summed E-state index contributed by atoms with van der Waals surface area (Å²) in [4.78, 5) is 12.1. The molecule has 0 aliphatic heterocycles. The first-order valence-electron chi connectivity index (χ1n) is 9.27. The summed E-state index contributed by atoms with van der Waals surface area (Å²) >= 11 is 0. The smallest absolute Gasteiger partial charge is 0.409 e. The van der Waals surface area contributed by atoms with Crippen LogP contribution in [0.5, 0.6) is 0 Å². The molecule has 1 amide bonds. The van der Waals surface area contributed by atoms with Gasteiger partial charge in [-0.2, -0.15) is 0 Å². The van der Waals surface area contributed by atoms with E-state index in [1.807, 2.05) is 27.7 Å². The summed E-state index contributed by atoms with van der Waals surface area (Å²) in [6.45, 7) is 9.92. The van der Waals surface area contributed by atoms with Crippen molar-refractivity contribution in [1.82, 2.24) is 5.32 Å². The molecule has 0 atom stereocenters. The molecule has 1 fully saturated rings. The van der Waals surface area contributed by atoms with Crippen LogP contribution in [0.1, 0.15) is 66.7 Å². The topological polar surface area (TPSA) is 73.9 Å². The van der Waals surface area contributed by atoms with Gasteiger partial charge in [0.25, 0.3) is 0 Å². The lowest BCUT2D eigenvalue weighted by atomic mass is 9.95. The van der Waals surface area contributed by atoms with Crippen molar-refractivity contribution in [3.05, 3.63) is 11.8 Å². The van der Waals surface area contributed by atoms with E-state index in [0.717, 1.165) is 25.7 Å². The number of phosphoric acid groups is 1.